The first-order valence-electron chi connectivity index (χ1n) is 10.3. The van der Waals surface area contributed by atoms with Gasteiger partial charge in [-0.2, -0.15) is 13.2 Å². The van der Waals surface area contributed by atoms with Gasteiger partial charge in [0.05, 0.1) is 12.1 Å². The van der Waals surface area contributed by atoms with Gasteiger partial charge in [-0.25, -0.2) is 15.0 Å². The van der Waals surface area contributed by atoms with Crippen molar-refractivity contribution in [3.8, 4) is 10.6 Å². The maximum absolute atomic E-state index is 13.0. The summed E-state index contributed by atoms with van der Waals surface area (Å²) in [6, 6.07) is 4.01. The van der Waals surface area contributed by atoms with Gasteiger partial charge in [0.25, 0.3) is 11.8 Å². The number of amides is 2. The van der Waals surface area contributed by atoms with Crippen molar-refractivity contribution in [2.75, 3.05) is 13.1 Å². The van der Waals surface area contributed by atoms with Gasteiger partial charge in [0.1, 0.15) is 5.01 Å². The van der Waals surface area contributed by atoms with Crippen LogP contribution in [0.2, 0.25) is 0 Å². The summed E-state index contributed by atoms with van der Waals surface area (Å²) in [5, 5.41) is 12.9. The van der Waals surface area contributed by atoms with Gasteiger partial charge in [0.2, 0.25) is 5.82 Å². The molecule has 0 unspecified atom stereocenters. The molecule has 3 aromatic rings. The molecule has 8 nitrogen and oxygen atoms in total. The summed E-state index contributed by atoms with van der Waals surface area (Å²) >= 11 is 1.41. The summed E-state index contributed by atoms with van der Waals surface area (Å²) in [5.74, 6) is -2.11. The zero-order valence-corrected chi connectivity index (χ0v) is 18.9. The first kappa shape index (κ1) is 23.8. The van der Waals surface area contributed by atoms with Crippen molar-refractivity contribution < 1.29 is 27.9 Å². The fraction of sp³-hybridized carbons (Fsp3) is 0.318. The fourth-order valence-electron chi connectivity index (χ4n) is 3.37. The van der Waals surface area contributed by atoms with Crippen LogP contribution in [0.15, 0.2) is 36.8 Å². The average Bonchev–Trinajstić information content (AvgIpc) is 3.22. The molecule has 12 heteroatoms. The van der Waals surface area contributed by atoms with E-state index < -0.39 is 30.1 Å². The van der Waals surface area contributed by atoms with E-state index in [1.54, 1.807) is 25.3 Å². The molecule has 2 aromatic heterocycles. The molecule has 1 saturated heterocycles. The Bertz CT molecular complexity index is 1220. The molecule has 4 rings (SSSR count). The Kier molecular flexibility index (Phi) is 6.36. The zero-order chi connectivity index (χ0) is 24.6. The normalized spacial score (nSPS) is 15.1. The summed E-state index contributed by atoms with van der Waals surface area (Å²) in [5.41, 5.74) is 1.34. The number of aliphatic hydroxyl groups is 1. The standard InChI is InChI=1S/C22H20F3N5O3S/c1-11-6-26-19(34-11)14-3-13(4-15(5-14)20(33)30-9-17(31)10-30)18(32)29-12(2)16-7-27-21(28-8-16)22(23,24)25/h3-8,12,17,31H,9-10H2,1-2H3,(H,29,32)/t12-/m1/s1. The number of nitrogens with zero attached hydrogens (tertiary/aromatic N) is 4. The van der Waals surface area contributed by atoms with Crippen LogP contribution < -0.4 is 5.32 Å². The second kappa shape index (κ2) is 9.11. The summed E-state index contributed by atoms with van der Waals surface area (Å²) in [6.07, 6.45) is -1.51. The van der Waals surface area contributed by atoms with Crippen molar-refractivity contribution in [1.29, 1.82) is 0 Å². The summed E-state index contributed by atoms with van der Waals surface area (Å²) in [7, 11) is 0. The summed E-state index contributed by atoms with van der Waals surface area (Å²) in [6.45, 7) is 3.91. The summed E-state index contributed by atoms with van der Waals surface area (Å²) < 4.78 is 38.1. The predicted octanol–water partition coefficient (Wildman–Crippen LogP) is 3.24. The maximum Gasteiger partial charge on any atom is 0.451 e. The molecule has 0 spiro atoms. The quantitative estimate of drug-likeness (QED) is 0.567. The number of aromatic nitrogens is 3. The van der Waals surface area contributed by atoms with Gasteiger partial charge in [0, 0.05) is 58.8 Å². The van der Waals surface area contributed by atoms with E-state index in [1.165, 1.54) is 22.3 Å². The number of hydrogen-bond donors (Lipinski definition) is 2. The second-order valence-electron chi connectivity index (χ2n) is 7.97. The van der Waals surface area contributed by atoms with E-state index in [4.69, 9.17) is 0 Å². The molecule has 1 aliphatic rings. The van der Waals surface area contributed by atoms with Gasteiger partial charge in [-0.05, 0) is 32.0 Å². The molecule has 0 aliphatic carbocycles. The van der Waals surface area contributed by atoms with Crippen LogP contribution >= 0.6 is 11.3 Å². The van der Waals surface area contributed by atoms with Gasteiger partial charge in [-0.15, -0.1) is 11.3 Å². The molecule has 178 valence electrons. The Morgan fingerprint density at radius 3 is 2.32 bits per heavy atom. The van der Waals surface area contributed by atoms with Crippen LogP contribution in [-0.2, 0) is 6.18 Å². The van der Waals surface area contributed by atoms with Gasteiger partial charge in [0.15, 0.2) is 0 Å². The Morgan fingerprint density at radius 2 is 1.76 bits per heavy atom. The molecule has 3 heterocycles. The lowest BCUT2D eigenvalue weighted by molar-refractivity contribution is -0.145. The first-order valence-corrected chi connectivity index (χ1v) is 11.1. The highest BCUT2D eigenvalue weighted by atomic mass is 32.1. The number of likely N-dealkylation sites (tertiary alicyclic amines) is 1. The van der Waals surface area contributed by atoms with Crippen LogP contribution in [0.25, 0.3) is 10.6 Å². The van der Waals surface area contributed by atoms with E-state index >= 15 is 0 Å². The predicted molar refractivity (Wildman–Crippen MR) is 117 cm³/mol. The number of halogens is 3. The van der Waals surface area contributed by atoms with E-state index in [9.17, 15) is 27.9 Å². The van der Waals surface area contributed by atoms with Crippen molar-refractivity contribution in [3.63, 3.8) is 0 Å². The highest BCUT2D eigenvalue weighted by molar-refractivity contribution is 7.14. The number of hydrogen-bond acceptors (Lipinski definition) is 7. The third kappa shape index (κ3) is 5.07. The van der Waals surface area contributed by atoms with Gasteiger partial charge in [-0.1, -0.05) is 0 Å². The van der Waals surface area contributed by atoms with Crippen molar-refractivity contribution >= 4 is 23.2 Å². The van der Waals surface area contributed by atoms with E-state index in [1.807, 2.05) is 6.92 Å². The highest BCUT2D eigenvalue weighted by Gasteiger charge is 2.34. The lowest BCUT2D eigenvalue weighted by atomic mass is 10.0. The molecule has 1 aromatic carbocycles. The molecule has 2 amide bonds. The van der Waals surface area contributed by atoms with Crippen LogP contribution in [-0.4, -0.2) is 56.0 Å². The number of alkyl halides is 3. The van der Waals surface area contributed by atoms with Gasteiger partial charge >= 0.3 is 6.18 Å². The smallest absolute Gasteiger partial charge is 0.389 e. The van der Waals surface area contributed by atoms with E-state index in [-0.39, 0.29) is 30.1 Å². The fourth-order valence-corrected chi connectivity index (χ4v) is 4.12. The SMILES string of the molecule is Cc1cnc(-c2cc(C(=O)N[C@H](C)c3cnc(C(F)(F)F)nc3)cc(C(=O)N3CC(O)C3)c2)s1. The minimum Gasteiger partial charge on any atom is -0.389 e. The third-order valence-corrected chi connectivity index (χ3v) is 6.19. The van der Waals surface area contributed by atoms with Crippen molar-refractivity contribution in [3.05, 3.63) is 64.2 Å². The molecular formula is C22H20F3N5O3S. The minimum absolute atomic E-state index is 0.189. The minimum atomic E-state index is -4.66. The van der Waals surface area contributed by atoms with E-state index in [2.05, 4.69) is 20.3 Å². The topological polar surface area (TPSA) is 108 Å². The number of aryl methyl sites for hydroxylation is 1. The maximum atomic E-state index is 13.0. The first-order chi connectivity index (χ1) is 16.0. The van der Waals surface area contributed by atoms with Crippen molar-refractivity contribution in [1.82, 2.24) is 25.2 Å². The van der Waals surface area contributed by atoms with E-state index in [0.717, 1.165) is 17.3 Å². The monoisotopic (exact) mass is 491 g/mol. The molecule has 1 fully saturated rings. The highest BCUT2D eigenvalue weighted by Crippen LogP contribution is 2.29. The Morgan fingerprint density at radius 1 is 1.12 bits per heavy atom. The van der Waals surface area contributed by atoms with Crippen LogP contribution in [0.1, 0.15) is 49.9 Å². The van der Waals surface area contributed by atoms with Crippen molar-refractivity contribution in [2.24, 2.45) is 0 Å². The number of β-amino-alcohol motifs (C(OH)–C–C–N with tert-alkyl or cyclic N) is 1. The van der Waals surface area contributed by atoms with Gasteiger partial charge < -0.3 is 15.3 Å². The Labute approximate surface area is 196 Å². The van der Waals surface area contributed by atoms with Crippen LogP contribution in [0.5, 0.6) is 0 Å². The Balaban J connectivity index is 1.59. The number of rotatable bonds is 5. The number of benzene rings is 1. The molecule has 1 aliphatic heterocycles. The van der Waals surface area contributed by atoms with Crippen molar-refractivity contribution in [2.45, 2.75) is 32.2 Å². The average molecular weight is 491 g/mol. The lowest BCUT2D eigenvalue weighted by Crippen LogP contribution is -2.53. The number of aliphatic hydroxyl groups excluding tert-OH is 1. The van der Waals surface area contributed by atoms with Crippen LogP contribution in [0.4, 0.5) is 13.2 Å². The molecule has 0 bridgehead atoms. The number of carbonyl (C=O) groups is 2. The zero-order valence-electron chi connectivity index (χ0n) is 18.1. The molecule has 34 heavy (non-hydrogen) atoms. The largest absolute Gasteiger partial charge is 0.451 e. The number of nitrogens with one attached hydrogen (secondary N) is 1. The van der Waals surface area contributed by atoms with Crippen LogP contribution in [0.3, 0.4) is 0 Å². The molecule has 2 N–H and O–H groups in total. The number of thiazole rings is 1. The van der Waals surface area contributed by atoms with E-state index in [0.29, 0.717) is 16.1 Å². The summed E-state index contributed by atoms with van der Waals surface area (Å²) in [4.78, 5) is 39.3. The Hall–Kier alpha value is -3.38. The molecular weight excluding hydrogens is 471 g/mol. The lowest BCUT2D eigenvalue weighted by Gasteiger charge is -2.36. The molecule has 1 atom stereocenters. The second-order valence-corrected chi connectivity index (χ2v) is 9.21. The molecule has 0 saturated carbocycles. The third-order valence-electron chi connectivity index (χ3n) is 5.23. The van der Waals surface area contributed by atoms with Gasteiger partial charge in [-0.3, -0.25) is 9.59 Å². The molecule has 0 radical (unpaired) electrons. The number of carbonyl (C=O) groups excluding carboxylic acids is 2. The van der Waals surface area contributed by atoms with Crippen LogP contribution in [0, 0.1) is 6.92 Å².